The molecule has 2 heterocycles. The number of halogens is 1. The van der Waals surface area contributed by atoms with Crippen molar-refractivity contribution in [2.45, 2.75) is 18.1 Å². The van der Waals surface area contributed by atoms with E-state index in [1.165, 1.54) is 23.9 Å². The van der Waals surface area contributed by atoms with E-state index in [0.717, 1.165) is 20.7 Å². The lowest BCUT2D eigenvalue weighted by Gasteiger charge is -2.14. The van der Waals surface area contributed by atoms with Crippen molar-refractivity contribution < 1.29 is 9.18 Å². The zero-order valence-corrected chi connectivity index (χ0v) is 15.5. The van der Waals surface area contributed by atoms with Crippen LogP contribution in [0.5, 0.6) is 0 Å². The summed E-state index contributed by atoms with van der Waals surface area (Å²) in [5.41, 5.74) is 1.90. The highest BCUT2D eigenvalue weighted by molar-refractivity contribution is 7.99. The van der Waals surface area contributed by atoms with Crippen LogP contribution >= 0.6 is 23.1 Å². The highest BCUT2D eigenvalue weighted by Crippen LogP contribution is 2.29. The van der Waals surface area contributed by atoms with Crippen LogP contribution in [0.3, 0.4) is 0 Å². The summed E-state index contributed by atoms with van der Waals surface area (Å²) in [5, 5.41) is 12.0. The first-order valence-electron chi connectivity index (χ1n) is 8.02. The van der Waals surface area contributed by atoms with Gasteiger partial charge in [-0.05, 0) is 36.8 Å². The van der Waals surface area contributed by atoms with Gasteiger partial charge in [0.05, 0.1) is 22.0 Å². The average molecular weight is 386 g/mol. The zero-order valence-electron chi connectivity index (χ0n) is 13.8. The van der Waals surface area contributed by atoms with E-state index < -0.39 is 0 Å². The first-order chi connectivity index (χ1) is 12.6. The number of amides is 1. The van der Waals surface area contributed by atoms with Crippen LogP contribution in [0.15, 0.2) is 53.7 Å². The first kappa shape index (κ1) is 17.0. The van der Waals surface area contributed by atoms with Crippen LogP contribution in [-0.2, 0) is 4.79 Å². The fraction of sp³-hybridized carbons (Fsp3) is 0.167. The SMILES string of the molecule is CC(NC(=O)CSc1nnc2sc3ccccc3n12)c1ccc(F)cc1. The smallest absolute Gasteiger partial charge is 0.230 e. The molecule has 26 heavy (non-hydrogen) atoms. The largest absolute Gasteiger partial charge is 0.349 e. The number of thioether (sulfide) groups is 1. The Balaban J connectivity index is 1.44. The normalized spacial score (nSPS) is 12.5. The summed E-state index contributed by atoms with van der Waals surface area (Å²) in [5.74, 6) is -0.166. The molecule has 0 aliphatic rings. The highest BCUT2D eigenvalue weighted by Gasteiger charge is 2.15. The Morgan fingerprint density at radius 3 is 2.81 bits per heavy atom. The molecule has 1 amide bonds. The molecule has 4 rings (SSSR count). The molecule has 8 heteroatoms. The number of benzene rings is 2. The molecule has 0 bridgehead atoms. The van der Waals surface area contributed by atoms with Crippen molar-refractivity contribution in [3.05, 3.63) is 59.9 Å². The summed E-state index contributed by atoms with van der Waals surface area (Å²) in [6.07, 6.45) is 0. The van der Waals surface area contributed by atoms with E-state index in [0.29, 0.717) is 5.16 Å². The number of nitrogens with one attached hydrogen (secondary N) is 1. The van der Waals surface area contributed by atoms with E-state index in [1.807, 2.05) is 35.6 Å². The van der Waals surface area contributed by atoms with Gasteiger partial charge in [-0.3, -0.25) is 9.20 Å². The summed E-state index contributed by atoms with van der Waals surface area (Å²) in [6.45, 7) is 1.87. The molecule has 1 unspecified atom stereocenters. The quantitative estimate of drug-likeness (QED) is 0.526. The molecule has 2 aromatic heterocycles. The molecular weight excluding hydrogens is 371 g/mol. The highest BCUT2D eigenvalue weighted by atomic mass is 32.2. The summed E-state index contributed by atoms with van der Waals surface area (Å²) >= 11 is 2.92. The number of hydrogen-bond acceptors (Lipinski definition) is 5. The van der Waals surface area contributed by atoms with Gasteiger partial charge in [0.15, 0.2) is 5.16 Å². The van der Waals surface area contributed by atoms with Gasteiger partial charge in [0.25, 0.3) is 0 Å². The number of carbonyl (C=O) groups is 1. The molecule has 1 N–H and O–H groups in total. The van der Waals surface area contributed by atoms with Gasteiger partial charge < -0.3 is 5.32 Å². The maximum atomic E-state index is 13.0. The van der Waals surface area contributed by atoms with E-state index in [-0.39, 0.29) is 23.5 Å². The van der Waals surface area contributed by atoms with Gasteiger partial charge in [-0.25, -0.2) is 4.39 Å². The van der Waals surface area contributed by atoms with Gasteiger partial charge in [-0.2, -0.15) is 0 Å². The third-order valence-electron chi connectivity index (χ3n) is 3.99. The van der Waals surface area contributed by atoms with E-state index in [9.17, 15) is 9.18 Å². The van der Waals surface area contributed by atoms with Crippen molar-refractivity contribution in [2.24, 2.45) is 0 Å². The maximum Gasteiger partial charge on any atom is 0.230 e. The second kappa shape index (κ2) is 7.05. The number of thiazole rings is 1. The molecule has 5 nitrogen and oxygen atoms in total. The molecule has 0 fully saturated rings. The van der Waals surface area contributed by atoms with Crippen LogP contribution in [0.4, 0.5) is 4.39 Å². The van der Waals surface area contributed by atoms with Crippen LogP contribution in [0.1, 0.15) is 18.5 Å². The second-order valence-corrected chi connectivity index (χ2v) is 7.75. The zero-order chi connectivity index (χ0) is 18.1. The predicted octanol–water partition coefficient (Wildman–Crippen LogP) is 4.05. The Morgan fingerprint density at radius 1 is 1.23 bits per heavy atom. The minimum atomic E-state index is -0.290. The Kier molecular flexibility index (Phi) is 4.60. The van der Waals surface area contributed by atoms with Crippen molar-refractivity contribution in [3.63, 3.8) is 0 Å². The molecule has 0 spiro atoms. The first-order valence-corrected chi connectivity index (χ1v) is 9.82. The van der Waals surface area contributed by atoms with Crippen LogP contribution in [0.25, 0.3) is 15.2 Å². The lowest BCUT2D eigenvalue weighted by Crippen LogP contribution is -2.28. The predicted molar refractivity (Wildman–Crippen MR) is 102 cm³/mol. The third-order valence-corrected chi connectivity index (χ3v) is 5.93. The fourth-order valence-electron chi connectivity index (χ4n) is 2.70. The third kappa shape index (κ3) is 3.30. The lowest BCUT2D eigenvalue weighted by molar-refractivity contribution is -0.119. The second-order valence-electron chi connectivity index (χ2n) is 5.80. The van der Waals surface area contributed by atoms with Crippen LogP contribution in [0.2, 0.25) is 0 Å². The minimum absolute atomic E-state index is 0.108. The van der Waals surface area contributed by atoms with Crippen molar-refractivity contribution in [3.8, 4) is 0 Å². The number of carbonyl (C=O) groups excluding carboxylic acids is 1. The number of rotatable bonds is 5. The summed E-state index contributed by atoms with van der Waals surface area (Å²) in [6, 6.07) is 14.0. The summed E-state index contributed by atoms with van der Waals surface area (Å²) < 4.78 is 16.1. The topological polar surface area (TPSA) is 59.3 Å². The summed E-state index contributed by atoms with van der Waals surface area (Å²) in [4.78, 5) is 13.1. The Bertz CT molecular complexity index is 1070. The van der Waals surface area contributed by atoms with Crippen LogP contribution in [-0.4, -0.2) is 26.3 Å². The van der Waals surface area contributed by atoms with Crippen LogP contribution < -0.4 is 5.32 Å². The number of para-hydroxylation sites is 1. The van der Waals surface area contributed by atoms with Gasteiger partial charge in [-0.15, -0.1) is 10.2 Å². The van der Waals surface area contributed by atoms with E-state index in [2.05, 4.69) is 15.5 Å². The Morgan fingerprint density at radius 2 is 2.00 bits per heavy atom. The fourth-order valence-corrected chi connectivity index (χ4v) is 4.48. The maximum absolute atomic E-state index is 13.0. The van der Waals surface area contributed by atoms with Crippen molar-refractivity contribution >= 4 is 44.2 Å². The van der Waals surface area contributed by atoms with E-state index in [1.54, 1.807) is 23.5 Å². The average Bonchev–Trinajstić information content (AvgIpc) is 3.19. The molecule has 0 saturated heterocycles. The molecule has 0 radical (unpaired) electrons. The van der Waals surface area contributed by atoms with Crippen molar-refractivity contribution in [1.29, 1.82) is 0 Å². The summed E-state index contributed by atoms with van der Waals surface area (Å²) in [7, 11) is 0. The van der Waals surface area contributed by atoms with E-state index >= 15 is 0 Å². The molecular formula is C18H15FN4OS2. The standard InChI is InChI=1S/C18H15FN4OS2/c1-11(12-6-8-13(19)9-7-12)20-16(24)10-25-17-21-22-18-23(17)14-4-2-3-5-15(14)26-18/h2-9,11H,10H2,1H3,(H,20,24). The molecule has 0 aliphatic heterocycles. The number of aromatic nitrogens is 3. The molecule has 2 aromatic carbocycles. The molecule has 1 atom stereocenters. The Hall–Kier alpha value is -2.45. The van der Waals surface area contributed by atoms with Gasteiger partial charge in [0, 0.05) is 0 Å². The Labute approximate surface area is 157 Å². The van der Waals surface area contributed by atoms with Gasteiger partial charge in [0.2, 0.25) is 10.9 Å². The number of hydrogen-bond donors (Lipinski definition) is 1. The monoisotopic (exact) mass is 386 g/mol. The molecule has 0 aliphatic carbocycles. The van der Waals surface area contributed by atoms with Gasteiger partial charge in [-0.1, -0.05) is 47.4 Å². The van der Waals surface area contributed by atoms with Crippen molar-refractivity contribution in [1.82, 2.24) is 19.9 Å². The number of fused-ring (bicyclic) bond motifs is 3. The molecule has 4 aromatic rings. The number of nitrogens with zero attached hydrogens (tertiary/aromatic N) is 3. The lowest BCUT2D eigenvalue weighted by atomic mass is 10.1. The van der Waals surface area contributed by atoms with E-state index in [4.69, 9.17) is 0 Å². The molecule has 132 valence electrons. The van der Waals surface area contributed by atoms with Gasteiger partial charge in [0.1, 0.15) is 5.82 Å². The van der Waals surface area contributed by atoms with Crippen LogP contribution in [0, 0.1) is 5.82 Å². The minimum Gasteiger partial charge on any atom is -0.349 e. The van der Waals surface area contributed by atoms with Gasteiger partial charge >= 0.3 is 0 Å². The van der Waals surface area contributed by atoms with Crippen molar-refractivity contribution in [2.75, 3.05) is 5.75 Å². The molecule has 0 saturated carbocycles.